The Labute approximate surface area is 182 Å². The summed E-state index contributed by atoms with van der Waals surface area (Å²) in [5, 5.41) is 13.9. The minimum absolute atomic E-state index is 0.0491. The van der Waals surface area contributed by atoms with Crippen LogP contribution in [0.25, 0.3) is 11.1 Å². The fourth-order valence-corrected chi connectivity index (χ4v) is 3.25. The molecule has 158 valence electrons. The number of nitrogens with zero attached hydrogens (tertiary/aromatic N) is 3. The highest BCUT2D eigenvalue weighted by atomic mass is 16.4. The highest BCUT2D eigenvalue weighted by Crippen LogP contribution is 2.24. The van der Waals surface area contributed by atoms with Gasteiger partial charge in [-0.3, -0.25) is 4.79 Å². The van der Waals surface area contributed by atoms with Crippen molar-refractivity contribution < 1.29 is 14.7 Å². The highest BCUT2D eigenvalue weighted by molar-refractivity contribution is 5.96. The predicted molar refractivity (Wildman–Crippen MR) is 119 cm³/mol. The van der Waals surface area contributed by atoms with Gasteiger partial charge in [-0.05, 0) is 36.1 Å². The van der Waals surface area contributed by atoms with Gasteiger partial charge in [0.05, 0.1) is 18.5 Å². The zero-order chi connectivity index (χ0) is 22.2. The lowest BCUT2D eigenvalue weighted by Crippen LogP contribution is -2.07. The van der Waals surface area contributed by atoms with Gasteiger partial charge in [-0.1, -0.05) is 61.7 Å². The van der Waals surface area contributed by atoms with Crippen LogP contribution in [0.3, 0.4) is 0 Å². The average molecular weight is 415 g/mol. The Hall–Kier alpha value is -3.72. The van der Waals surface area contributed by atoms with Gasteiger partial charge in [-0.2, -0.15) is 0 Å². The smallest absolute Gasteiger partial charge is 0.336 e. The topological polar surface area (TPSA) is 85.1 Å². The molecular formula is C25H25N3O3. The zero-order valence-corrected chi connectivity index (χ0v) is 17.8. The quantitative estimate of drug-likeness (QED) is 0.407. The lowest BCUT2D eigenvalue weighted by atomic mass is 9.99. The maximum absolute atomic E-state index is 12.4. The number of ketones is 1. The Morgan fingerprint density at radius 1 is 1.10 bits per heavy atom. The summed E-state index contributed by atoms with van der Waals surface area (Å²) in [6.07, 6.45) is 2.63. The first-order valence-corrected chi connectivity index (χ1v) is 10.3. The van der Waals surface area contributed by atoms with Gasteiger partial charge in [0.25, 0.3) is 0 Å². The molecule has 0 radical (unpaired) electrons. The van der Waals surface area contributed by atoms with Gasteiger partial charge in [-0.25, -0.2) is 14.5 Å². The van der Waals surface area contributed by atoms with Crippen molar-refractivity contribution in [3.8, 4) is 23.0 Å². The minimum atomic E-state index is -0.954. The van der Waals surface area contributed by atoms with Crippen LogP contribution in [0.1, 0.15) is 65.5 Å². The summed E-state index contributed by atoms with van der Waals surface area (Å²) in [5.74, 6) is 5.75. The van der Waals surface area contributed by atoms with E-state index in [2.05, 4.69) is 21.9 Å². The third-order valence-corrected chi connectivity index (χ3v) is 4.93. The van der Waals surface area contributed by atoms with Crippen LogP contribution in [-0.2, 0) is 13.0 Å². The minimum Gasteiger partial charge on any atom is -0.478 e. The number of unbranched alkanes of at least 4 members (excludes halogenated alkanes) is 1. The van der Waals surface area contributed by atoms with E-state index < -0.39 is 5.97 Å². The number of hydrogen-bond acceptors (Lipinski definition) is 4. The molecule has 0 saturated carbocycles. The van der Waals surface area contributed by atoms with E-state index in [4.69, 9.17) is 0 Å². The Morgan fingerprint density at radius 3 is 2.52 bits per heavy atom. The maximum Gasteiger partial charge on any atom is 0.336 e. The molecule has 0 bridgehead atoms. The largest absolute Gasteiger partial charge is 0.478 e. The average Bonchev–Trinajstić information content (AvgIpc) is 3.19. The summed E-state index contributed by atoms with van der Waals surface area (Å²) in [4.78, 5) is 28.3. The van der Waals surface area contributed by atoms with Crippen molar-refractivity contribution in [3.05, 3.63) is 71.3 Å². The molecule has 1 heterocycles. The van der Waals surface area contributed by atoms with Crippen LogP contribution in [0.5, 0.6) is 0 Å². The molecule has 1 N–H and O–H groups in total. The van der Waals surface area contributed by atoms with Crippen LogP contribution in [-0.4, -0.2) is 31.6 Å². The van der Waals surface area contributed by atoms with Crippen LogP contribution in [0.15, 0.2) is 48.5 Å². The van der Waals surface area contributed by atoms with E-state index >= 15 is 0 Å². The Kier molecular flexibility index (Phi) is 7.34. The number of carbonyl (C=O) groups is 2. The third kappa shape index (κ3) is 5.46. The summed E-state index contributed by atoms with van der Waals surface area (Å²) < 4.78 is 1.73. The first kappa shape index (κ1) is 22.0. The summed E-state index contributed by atoms with van der Waals surface area (Å²) in [6, 6.07) is 14.6. The molecule has 0 unspecified atom stereocenters. The lowest BCUT2D eigenvalue weighted by molar-refractivity contribution is 0.0697. The lowest BCUT2D eigenvalue weighted by Gasteiger charge is -2.08. The van der Waals surface area contributed by atoms with Crippen molar-refractivity contribution in [1.82, 2.24) is 14.8 Å². The summed E-state index contributed by atoms with van der Waals surface area (Å²) in [6.45, 7) is 4.26. The summed E-state index contributed by atoms with van der Waals surface area (Å²) in [7, 11) is 0. The number of aromatic nitrogens is 3. The Balaban J connectivity index is 1.85. The van der Waals surface area contributed by atoms with Gasteiger partial charge in [0.1, 0.15) is 5.82 Å². The SMILES string of the molecule is CC#CCc1nc(C(=O)CCCC)nn1Cc1ccc(-c2ccccc2C(=O)O)cc1. The molecule has 3 aromatic rings. The van der Waals surface area contributed by atoms with Gasteiger partial charge in [0.2, 0.25) is 11.6 Å². The Morgan fingerprint density at radius 2 is 1.84 bits per heavy atom. The van der Waals surface area contributed by atoms with Crippen molar-refractivity contribution in [2.24, 2.45) is 0 Å². The van der Waals surface area contributed by atoms with E-state index in [1.807, 2.05) is 37.3 Å². The van der Waals surface area contributed by atoms with Gasteiger partial charge in [0, 0.05) is 6.42 Å². The molecule has 6 heteroatoms. The molecule has 0 saturated heterocycles. The van der Waals surface area contributed by atoms with E-state index in [9.17, 15) is 14.7 Å². The second-order valence-corrected chi connectivity index (χ2v) is 7.19. The first-order chi connectivity index (χ1) is 15.0. The summed E-state index contributed by atoms with van der Waals surface area (Å²) >= 11 is 0. The van der Waals surface area contributed by atoms with Gasteiger partial charge in [-0.15, -0.1) is 11.0 Å². The summed E-state index contributed by atoms with van der Waals surface area (Å²) in [5.41, 5.74) is 2.74. The maximum atomic E-state index is 12.4. The Bertz CT molecular complexity index is 1130. The van der Waals surface area contributed by atoms with E-state index in [0.29, 0.717) is 30.8 Å². The monoisotopic (exact) mass is 415 g/mol. The second kappa shape index (κ2) is 10.4. The zero-order valence-electron chi connectivity index (χ0n) is 17.8. The molecule has 0 aliphatic heterocycles. The number of carboxylic acid groups (broad SMARTS) is 1. The van der Waals surface area contributed by atoms with Crippen molar-refractivity contribution in [1.29, 1.82) is 0 Å². The van der Waals surface area contributed by atoms with Crippen LogP contribution >= 0.6 is 0 Å². The van der Waals surface area contributed by atoms with Crippen LogP contribution in [0.4, 0.5) is 0 Å². The molecule has 0 amide bonds. The second-order valence-electron chi connectivity index (χ2n) is 7.19. The molecule has 0 fully saturated rings. The van der Waals surface area contributed by atoms with Crippen molar-refractivity contribution in [2.45, 2.75) is 46.1 Å². The molecule has 0 spiro atoms. The molecule has 0 atom stereocenters. The number of aromatic carboxylic acids is 1. The molecule has 1 aromatic heterocycles. The van der Waals surface area contributed by atoms with Gasteiger partial charge >= 0.3 is 5.97 Å². The molecule has 0 aliphatic carbocycles. The third-order valence-electron chi connectivity index (χ3n) is 4.93. The number of carboxylic acids is 1. The molecule has 6 nitrogen and oxygen atoms in total. The van der Waals surface area contributed by atoms with E-state index in [1.165, 1.54) is 0 Å². The number of carbonyl (C=O) groups excluding carboxylic acids is 1. The highest BCUT2D eigenvalue weighted by Gasteiger charge is 2.16. The predicted octanol–water partition coefficient (Wildman–Crippen LogP) is 4.63. The molecule has 31 heavy (non-hydrogen) atoms. The van der Waals surface area contributed by atoms with Crippen LogP contribution < -0.4 is 0 Å². The number of Topliss-reactive ketones (excluding diaryl/α,β-unsaturated/α-hetero) is 1. The number of hydrogen-bond donors (Lipinski definition) is 1. The number of rotatable bonds is 9. The van der Waals surface area contributed by atoms with Crippen molar-refractivity contribution in [2.75, 3.05) is 0 Å². The normalized spacial score (nSPS) is 10.4. The molecule has 0 aliphatic rings. The number of benzene rings is 2. The molecule has 2 aromatic carbocycles. The van der Waals surface area contributed by atoms with Crippen LogP contribution in [0.2, 0.25) is 0 Å². The van der Waals surface area contributed by atoms with E-state index in [-0.39, 0.29) is 17.2 Å². The van der Waals surface area contributed by atoms with Crippen LogP contribution in [0, 0.1) is 11.8 Å². The fraction of sp³-hybridized carbons (Fsp3) is 0.280. The first-order valence-electron chi connectivity index (χ1n) is 10.3. The van der Waals surface area contributed by atoms with Gasteiger partial charge in [0.15, 0.2) is 0 Å². The van der Waals surface area contributed by atoms with Crippen molar-refractivity contribution >= 4 is 11.8 Å². The molecular weight excluding hydrogens is 390 g/mol. The van der Waals surface area contributed by atoms with E-state index in [0.717, 1.165) is 24.0 Å². The fourth-order valence-electron chi connectivity index (χ4n) is 3.25. The van der Waals surface area contributed by atoms with Gasteiger partial charge < -0.3 is 5.11 Å². The van der Waals surface area contributed by atoms with Crippen molar-refractivity contribution in [3.63, 3.8) is 0 Å². The van der Waals surface area contributed by atoms with E-state index in [1.54, 1.807) is 29.8 Å². The molecule has 3 rings (SSSR count). The standard InChI is InChI=1S/C25H25N3O3/c1-3-5-11-22(29)24-26-23(12-6-4-2)28(27-24)17-18-13-15-19(16-14-18)20-9-7-8-10-21(20)25(30)31/h7-10,13-16H,3,5,11-12,17H2,1-2H3,(H,30,31).